The highest BCUT2D eigenvalue weighted by molar-refractivity contribution is 5.96. The summed E-state index contributed by atoms with van der Waals surface area (Å²) in [6, 6.07) is -5.01. The average Bonchev–Trinajstić information content (AvgIpc) is 2.72. The van der Waals surface area contributed by atoms with Crippen molar-refractivity contribution in [1.29, 1.82) is 0 Å². The Morgan fingerprint density at radius 2 is 1.32 bits per heavy atom. The first-order valence-electron chi connectivity index (χ1n) is 10.2. The summed E-state index contributed by atoms with van der Waals surface area (Å²) in [6.45, 7) is 6.25. The highest BCUT2D eigenvalue weighted by Crippen LogP contribution is 2.12. The number of hydrogen-bond acceptors (Lipinski definition) is 7. The molecule has 0 aromatic rings. The lowest BCUT2D eigenvalue weighted by atomic mass is 9.95. The van der Waals surface area contributed by atoms with Gasteiger partial charge in [0.25, 0.3) is 0 Å². The van der Waals surface area contributed by atoms with E-state index in [-0.39, 0.29) is 11.8 Å². The van der Waals surface area contributed by atoms with Gasteiger partial charge in [-0.1, -0.05) is 40.5 Å². The summed E-state index contributed by atoms with van der Waals surface area (Å²) >= 11 is 0. The molecule has 0 saturated carbocycles. The second-order valence-electron chi connectivity index (χ2n) is 7.60. The molecule has 0 spiro atoms. The van der Waals surface area contributed by atoms with Crippen molar-refractivity contribution in [3.05, 3.63) is 0 Å². The Hall–Kier alpha value is -2.73. The number of nitrogens with one attached hydrogen (secondary N) is 3. The van der Waals surface area contributed by atoms with Crippen LogP contribution in [0.2, 0.25) is 0 Å². The fraction of sp³-hybridized carbons (Fsp3) is 0.737. The lowest BCUT2D eigenvalue weighted by molar-refractivity contribution is -0.144. The minimum Gasteiger partial charge on any atom is -0.480 e. The van der Waals surface area contributed by atoms with Crippen molar-refractivity contribution in [3.63, 3.8) is 0 Å². The third-order valence-corrected chi connectivity index (χ3v) is 5.14. The quantitative estimate of drug-likeness (QED) is 0.155. The van der Waals surface area contributed by atoms with E-state index in [4.69, 9.17) is 16.6 Å². The first kappa shape index (κ1) is 28.3. The molecule has 0 aromatic carbocycles. The van der Waals surface area contributed by atoms with Crippen LogP contribution in [0.5, 0.6) is 0 Å². The van der Waals surface area contributed by atoms with Gasteiger partial charge in [-0.2, -0.15) is 0 Å². The van der Waals surface area contributed by atoms with Gasteiger partial charge in [-0.15, -0.1) is 0 Å². The van der Waals surface area contributed by atoms with Crippen LogP contribution in [0.25, 0.3) is 0 Å². The summed E-state index contributed by atoms with van der Waals surface area (Å²) in [7, 11) is 0. The summed E-state index contributed by atoms with van der Waals surface area (Å²) in [6.07, 6.45) is 0.423. The number of nitrogens with two attached hydrogens (primary N) is 2. The van der Waals surface area contributed by atoms with Gasteiger partial charge in [-0.05, 0) is 11.8 Å². The second kappa shape index (κ2) is 13.5. The van der Waals surface area contributed by atoms with E-state index in [1.165, 1.54) is 0 Å². The average molecular weight is 446 g/mol. The molecule has 0 saturated heterocycles. The van der Waals surface area contributed by atoms with E-state index in [2.05, 4.69) is 16.0 Å². The molecule has 12 nitrogen and oxygen atoms in total. The summed E-state index contributed by atoms with van der Waals surface area (Å²) in [5, 5.41) is 25.5. The van der Waals surface area contributed by atoms with E-state index >= 15 is 0 Å². The van der Waals surface area contributed by atoms with Crippen LogP contribution in [-0.4, -0.2) is 70.6 Å². The lowest BCUT2D eigenvalue weighted by Crippen LogP contribution is -2.59. The van der Waals surface area contributed by atoms with Crippen LogP contribution in [0, 0.1) is 11.8 Å². The highest BCUT2D eigenvalue weighted by atomic mass is 16.4. The minimum atomic E-state index is -1.42. The minimum absolute atomic E-state index is 0.350. The summed E-state index contributed by atoms with van der Waals surface area (Å²) in [5.41, 5.74) is 10.6. The molecule has 0 aliphatic heterocycles. The molecule has 0 aliphatic carbocycles. The predicted molar refractivity (Wildman–Crippen MR) is 111 cm³/mol. The van der Waals surface area contributed by atoms with Gasteiger partial charge in [0.05, 0.1) is 13.0 Å². The van der Waals surface area contributed by atoms with Crippen LogP contribution in [0.4, 0.5) is 0 Å². The van der Waals surface area contributed by atoms with Crippen molar-refractivity contribution < 1.29 is 34.2 Å². The molecule has 12 heteroatoms. The lowest BCUT2D eigenvalue weighted by Gasteiger charge is -2.29. The van der Waals surface area contributed by atoms with E-state index in [1.807, 2.05) is 0 Å². The van der Waals surface area contributed by atoms with Crippen LogP contribution in [-0.2, 0) is 24.0 Å². The Labute approximate surface area is 181 Å². The molecule has 0 bridgehead atoms. The number of carbonyl (C=O) groups excluding carboxylic acids is 4. The van der Waals surface area contributed by atoms with Crippen molar-refractivity contribution in [2.45, 2.75) is 71.1 Å². The third-order valence-electron chi connectivity index (χ3n) is 5.14. The van der Waals surface area contributed by atoms with Crippen molar-refractivity contribution in [2.24, 2.45) is 23.3 Å². The molecule has 0 radical (unpaired) electrons. The van der Waals surface area contributed by atoms with Crippen molar-refractivity contribution in [1.82, 2.24) is 16.0 Å². The van der Waals surface area contributed by atoms with Crippen LogP contribution in [0.1, 0.15) is 47.0 Å². The maximum Gasteiger partial charge on any atom is 0.326 e. The van der Waals surface area contributed by atoms with Crippen molar-refractivity contribution in [2.75, 3.05) is 6.61 Å². The Morgan fingerprint density at radius 3 is 1.74 bits per heavy atom. The first-order chi connectivity index (χ1) is 14.4. The molecule has 0 rings (SSSR count). The Morgan fingerprint density at radius 1 is 0.839 bits per heavy atom. The molecular weight excluding hydrogens is 410 g/mol. The van der Waals surface area contributed by atoms with Crippen molar-refractivity contribution in [3.8, 4) is 0 Å². The normalized spacial score (nSPS) is 16.7. The van der Waals surface area contributed by atoms with Gasteiger partial charge in [-0.25, -0.2) is 4.79 Å². The number of rotatable bonds is 14. The Kier molecular flexibility index (Phi) is 12.4. The van der Waals surface area contributed by atoms with Gasteiger partial charge >= 0.3 is 5.97 Å². The van der Waals surface area contributed by atoms with Crippen molar-refractivity contribution >= 4 is 29.6 Å². The third kappa shape index (κ3) is 9.30. The van der Waals surface area contributed by atoms with Gasteiger partial charge in [0.2, 0.25) is 23.6 Å². The number of hydrogen-bond donors (Lipinski definition) is 7. The molecule has 0 heterocycles. The topological polar surface area (TPSA) is 214 Å². The summed E-state index contributed by atoms with van der Waals surface area (Å²) in [4.78, 5) is 60.4. The van der Waals surface area contributed by atoms with Gasteiger partial charge in [0.1, 0.15) is 24.2 Å². The van der Waals surface area contributed by atoms with E-state index in [0.717, 1.165) is 0 Å². The van der Waals surface area contributed by atoms with E-state index in [9.17, 15) is 29.1 Å². The highest BCUT2D eigenvalue weighted by Gasteiger charge is 2.34. The summed E-state index contributed by atoms with van der Waals surface area (Å²) in [5.74, 6) is -5.27. The predicted octanol–water partition coefficient (Wildman–Crippen LogP) is -2.19. The molecule has 9 N–H and O–H groups in total. The fourth-order valence-corrected chi connectivity index (χ4v) is 2.65. The largest absolute Gasteiger partial charge is 0.480 e. The number of aliphatic hydroxyl groups excluding tert-OH is 1. The molecule has 6 unspecified atom stereocenters. The SMILES string of the molecule is CCC(C)C(NC(=O)C(NC(=O)C(CC(N)=O)NC(=O)C(N)CO)C(C)CC)C(=O)O. The molecule has 178 valence electrons. The van der Waals surface area contributed by atoms with Crippen LogP contribution in [0.15, 0.2) is 0 Å². The number of carbonyl (C=O) groups is 5. The fourth-order valence-electron chi connectivity index (χ4n) is 2.65. The number of carboxylic acids is 1. The van der Waals surface area contributed by atoms with Gasteiger partial charge in [-0.3, -0.25) is 19.2 Å². The molecule has 0 aromatic heterocycles. The van der Waals surface area contributed by atoms with Gasteiger partial charge in [0.15, 0.2) is 0 Å². The van der Waals surface area contributed by atoms with Gasteiger partial charge < -0.3 is 37.6 Å². The molecule has 31 heavy (non-hydrogen) atoms. The zero-order valence-corrected chi connectivity index (χ0v) is 18.4. The van der Waals surface area contributed by atoms with Gasteiger partial charge in [0, 0.05) is 0 Å². The number of amides is 4. The zero-order valence-electron chi connectivity index (χ0n) is 18.4. The van der Waals surface area contributed by atoms with Crippen LogP contribution in [0.3, 0.4) is 0 Å². The number of aliphatic carboxylic acids is 1. The molecule has 4 amide bonds. The number of primary amides is 1. The first-order valence-corrected chi connectivity index (χ1v) is 10.2. The Balaban J connectivity index is 5.59. The maximum absolute atomic E-state index is 12.8. The summed E-state index contributed by atoms with van der Waals surface area (Å²) < 4.78 is 0. The monoisotopic (exact) mass is 445 g/mol. The van der Waals surface area contributed by atoms with Crippen LogP contribution >= 0.6 is 0 Å². The molecule has 6 atom stereocenters. The number of carboxylic acid groups (broad SMARTS) is 1. The van der Waals surface area contributed by atoms with E-state index < -0.39 is 66.8 Å². The second-order valence-corrected chi connectivity index (χ2v) is 7.60. The van der Waals surface area contributed by atoms with E-state index in [0.29, 0.717) is 12.8 Å². The molecular formula is C19H35N5O7. The maximum atomic E-state index is 12.8. The molecule has 0 aliphatic rings. The molecule has 0 fully saturated rings. The van der Waals surface area contributed by atoms with E-state index in [1.54, 1.807) is 27.7 Å². The Bertz CT molecular complexity index is 658. The standard InChI is InChI=1S/C19H35N5O7/c1-5-9(3)14(18(29)24-15(19(30)31)10(4)6-2)23-17(28)12(7-13(21)26)22-16(27)11(20)8-25/h9-12,14-15,25H,5-8,20H2,1-4H3,(H2,21,26)(H,22,27)(H,23,28)(H,24,29)(H,30,31). The zero-order chi connectivity index (χ0) is 24.3. The number of aliphatic hydroxyl groups is 1. The smallest absolute Gasteiger partial charge is 0.326 e. The van der Waals surface area contributed by atoms with Crippen LogP contribution < -0.4 is 27.4 Å².